The molecule has 1 saturated heterocycles. The number of hydrogen-bond acceptors (Lipinski definition) is 5. The maximum Gasteiger partial charge on any atom is 0.180 e. The molecule has 1 fully saturated rings. The molecule has 0 unspecified atom stereocenters. The van der Waals surface area contributed by atoms with Crippen LogP contribution >= 0.6 is 0 Å². The Kier molecular flexibility index (Phi) is 4.99. The summed E-state index contributed by atoms with van der Waals surface area (Å²) in [5.74, 6) is 1.17. The fourth-order valence-corrected chi connectivity index (χ4v) is 4.18. The van der Waals surface area contributed by atoms with Crippen LogP contribution in [0, 0.1) is 12.8 Å². The van der Waals surface area contributed by atoms with E-state index < -0.39 is 0 Å². The summed E-state index contributed by atoms with van der Waals surface area (Å²) in [5.41, 5.74) is 5.31. The van der Waals surface area contributed by atoms with Gasteiger partial charge < -0.3 is 14.9 Å². The van der Waals surface area contributed by atoms with Crippen molar-refractivity contribution in [3.8, 4) is 17.2 Å². The summed E-state index contributed by atoms with van der Waals surface area (Å²) in [7, 11) is 0. The highest BCUT2D eigenvalue weighted by Gasteiger charge is 2.17. The van der Waals surface area contributed by atoms with E-state index in [2.05, 4.69) is 43.1 Å². The molecule has 4 aromatic rings. The number of aryl methyl sites for hydroxylation is 1. The second-order valence-electron chi connectivity index (χ2n) is 7.97. The zero-order chi connectivity index (χ0) is 21.4. The number of aromatic amines is 2. The molecule has 0 bridgehead atoms. The SMILES string of the molecule is C=C(/C=c1/c(-c2nc3nccc(-n4cnc(C)c4)c3[nH]2)n[nH]/c1=C/C)C1CCNCC1. The van der Waals surface area contributed by atoms with Gasteiger partial charge in [-0.1, -0.05) is 18.2 Å². The molecule has 5 rings (SSSR count). The molecule has 0 atom stereocenters. The molecule has 0 radical (unpaired) electrons. The maximum absolute atomic E-state index is 4.75. The van der Waals surface area contributed by atoms with Crippen molar-refractivity contribution in [2.24, 2.45) is 5.92 Å². The third kappa shape index (κ3) is 3.59. The lowest BCUT2D eigenvalue weighted by Gasteiger charge is -2.22. The molecular weight excluding hydrogens is 388 g/mol. The number of allylic oxidation sites excluding steroid dienone is 1. The number of hydrogen-bond donors (Lipinski definition) is 3. The normalized spacial score (nSPS) is 16.5. The number of piperidine rings is 1. The van der Waals surface area contributed by atoms with Crippen LogP contribution in [-0.4, -0.2) is 47.8 Å². The van der Waals surface area contributed by atoms with E-state index in [0.29, 0.717) is 17.4 Å². The van der Waals surface area contributed by atoms with Crippen LogP contribution in [0.5, 0.6) is 0 Å². The molecular formula is C23H26N8. The van der Waals surface area contributed by atoms with Crippen molar-refractivity contribution < 1.29 is 0 Å². The van der Waals surface area contributed by atoms with E-state index >= 15 is 0 Å². The number of nitrogens with one attached hydrogen (secondary N) is 3. The van der Waals surface area contributed by atoms with Gasteiger partial charge in [-0.2, -0.15) is 5.10 Å². The number of pyridine rings is 1. The molecule has 0 aliphatic carbocycles. The first-order valence-corrected chi connectivity index (χ1v) is 10.6. The van der Waals surface area contributed by atoms with Crippen molar-refractivity contribution in [1.82, 2.24) is 40.0 Å². The van der Waals surface area contributed by atoms with E-state index in [9.17, 15) is 0 Å². The Labute approximate surface area is 179 Å². The van der Waals surface area contributed by atoms with Gasteiger partial charge in [-0.25, -0.2) is 15.0 Å². The van der Waals surface area contributed by atoms with Crippen LogP contribution in [0.2, 0.25) is 0 Å². The number of rotatable bonds is 4. The number of aromatic nitrogens is 7. The largest absolute Gasteiger partial charge is 0.333 e. The van der Waals surface area contributed by atoms with Gasteiger partial charge in [-0.05, 0) is 57.8 Å². The fourth-order valence-electron chi connectivity index (χ4n) is 4.18. The van der Waals surface area contributed by atoms with Crippen molar-refractivity contribution in [2.45, 2.75) is 26.7 Å². The van der Waals surface area contributed by atoms with Crippen LogP contribution in [0.1, 0.15) is 25.5 Å². The predicted molar refractivity (Wildman–Crippen MR) is 122 cm³/mol. The van der Waals surface area contributed by atoms with Gasteiger partial charge in [-0.15, -0.1) is 0 Å². The monoisotopic (exact) mass is 414 g/mol. The van der Waals surface area contributed by atoms with Crippen LogP contribution in [0.25, 0.3) is 40.5 Å². The number of nitrogens with zero attached hydrogens (tertiary/aromatic N) is 5. The third-order valence-corrected chi connectivity index (χ3v) is 5.90. The molecule has 0 saturated carbocycles. The second-order valence-corrected chi connectivity index (χ2v) is 7.97. The van der Waals surface area contributed by atoms with Crippen LogP contribution in [0.15, 0.2) is 36.9 Å². The van der Waals surface area contributed by atoms with Gasteiger partial charge >= 0.3 is 0 Å². The van der Waals surface area contributed by atoms with Gasteiger partial charge in [-0.3, -0.25) is 5.10 Å². The van der Waals surface area contributed by atoms with Crippen molar-refractivity contribution in [3.63, 3.8) is 0 Å². The molecule has 4 aromatic heterocycles. The van der Waals surface area contributed by atoms with E-state index in [0.717, 1.165) is 64.7 Å². The first-order chi connectivity index (χ1) is 15.1. The molecule has 158 valence electrons. The standard InChI is InChI=1S/C23H26N8/c1-4-18-17(11-14(2)16-5-8-24-9-6-16)20(30-29-18)23-27-21-19(7-10-25-22(21)28-23)31-12-15(3)26-13-31/h4,7,10-13,16,24,29H,2,5-6,8-9H2,1,3H3,(H,25,27,28)/b17-11+,18-4+. The molecule has 8 heteroatoms. The predicted octanol–water partition coefficient (Wildman–Crippen LogP) is 1.98. The minimum Gasteiger partial charge on any atom is -0.333 e. The van der Waals surface area contributed by atoms with Crippen LogP contribution in [0.3, 0.4) is 0 Å². The Morgan fingerprint density at radius 3 is 2.84 bits per heavy atom. The van der Waals surface area contributed by atoms with Gasteiger partial charge in [0.25, 0.3) is 0 Å². The van der Waals surface area contributed by atoms with Gasteiger partial charge in [0.1, 0.15) is 11.2 Å². The quantitative estimate of drug-likeness (QED) is 0.474. The van der Waals surface area contributed by atoms with E-state index in [1.807, 2.05) is 36.8 Å². The number of imidazole rings is 2. The van der Waals surface area contributed by atoms with E-state index in [-0.39, 0.29) is 0 Å². The Morgan fingerprint density at radius 2 is 2.10 bits per heavy atom. The summed E-state index contributed by atoms with van der Waals surface area (Å²) in [6, 6.07) is 1.95. The molecule has 0 spiro atoms. The highest BCUT2D eigenvalue weighted by atomic mass is 15.1. The third-order valence-electron chi connectivity index (χ3n) is 5.90. The van der Waals surface area contributed by atoms with Crippen LogP contribution < -0.4 is 15.9 Å². The Bertz CT molecular complexity index is 1360. The van der Waals surface area contributed by atoms with Crippen LogP contribution in [-0.2, 0) is 0 Å². The van der Waals surface area contributed by atoms with E-state index in [1.165, 1.54) is 0 Å². The second kappa shape index (κ2) is 7.96. The minimum atomic E-state index is 0.488. The smallest absolute Gasteiger partial charge is 0.180 e. The van der Waals surface area contributed by atoms with Crippen LogP contribution in [0.4, 0.5) is 0 Å². The highest BCUT2D eigenvalue weighted by molar-refractivity contribution is 5.83. The maximum atomic E-state index is 4.75. The van der Waals surface area contributed by atoms with Crippen molar-refractivity contribution >= 4 is 23.3 Å². The molecule has 8 nitrogen and oxygen atoms in total. The summed E-state index contributed by atoms with van der Waals surface area (Å²) < 4.78 is 1.98. The average molecular weight is 415 g/mol. The lowest BCUT2D eigenvalue weighted by atomic mass is 9.90. The lowest BCUT2D eigenvalue weighted by molar-refractivity contribution is 0.428. The van der Waals surface area contributed by atoms with Gasteiger partial charge in [0, 0.05) is 17.6 Å². The lowest BCUT2D eigenvalue weighted by Crippen LogP contribution is -2.29. The first kappa shape index (κ1) is 19.4. The molecule has 31 heavy (non-hydrogen) atoms. The summed E-state index contributed by atoms with van der Waals surface area (Å²) in [5, 5.41) is 13.1. The summed E-state index contributed by atoms with van der Waals surface area (Å²) in [4.78, 5) is 17.0. The fraction of sp³-hybridized carbons (Fsp3) is 0.304. The Morgan fingerprint density at radius 1 is 1.26 bits per heavy atom. The van der Waals surface area contributed by atoms with Gasteiger partial charge in [0.05, 0.1) is 23.1 Å². The van der Waals surface area contributed by atoms with Crippen molar-refractivity contribution in [3.05, 3.63) is 53.2 Å². The zero-order valence-electron chi connectivity index (χ0n) is 17.8. The highest BCUT2D eigenvalue weighted by Crippen LogP contribution is 2.23. The van der Waals surface area contributed by atoms with Gasteiger partial charge in [0.2, 0.25) is 0 Å². The molecule has 0 aromatic carbocycles. The molecule has 1 aliphatic heterocycles. The zero-order valence-corrected chi connectivity index (χ0v) is 17.8. The number of fused-ring (bicyclic) bond motifs is 1. The van der Waals surface area contributed by atoms with Crippen molar-refractivity contribution in [1.29, 1.82) is 0 Å². The summed E-state index contributed by atoms with van der Waals surface area (Å²) in [6.07, 6.45) is 11.9. The Hall–Kier alpha value is -3.52. The summed E-state index contributed by atoms with van der Waals surface area (Å²) in [6.45, 7) is 10.4. The molecule has 1 aliphatic rings. The van der Waals surface area contributed by atoms with Crippen molar-refractivity contribution in [2.75, 3.05) is 13.1 Å². The minimum absolute atomic E-state index is 0.488. The van der Waals surface area contributed by atoms with E-state index in [4.69, 9.17) is 4.98 Å². The Balaban J connectivity index is 1.62. The molecule has 3 N–H and O–H groups in total. The number of H-pyrrole nitrogens is 2. The molecule has 5 heterocycles. The van der Waals surface area contributed by atoms with E-state index in [1.54, 1.807) is 12.5 Å². The summed E-state index contributed by atoms with van der Waals surface area (Å²) >= 11 is 0. The average Bonchev–Trinajstić information content (AvgIpc) is 3.51. The molecule has 0 amide bonds. The topological polar surface area (TPSA) is 100 Å². The first-order valence-electron chi connectivity index (χ1n) is 10.6. The van der Waals surface area contributed by atoms with Gasteiger partial charge in [0.15, 0.2) is 11.5 Å².